The van der Waals surface area contributed by atoms with Gasteiger partial charge in [-0.15, -0.1) is 0 Å². The first-order valence-corrected chi connectivity index (χ1v) is 10.6. The number of aryl methyl sites for hydroxylation is 1. The number of allylic oxidation sites excluding steroid dienone is 1. The van der Waals surface area contributed by atoms with Gasteiger partial charge in [0.25, 0.3) is 5.69 Å². The second kappa shape index (κ2) is 9.69. The van der Waals surface area contributed by atoms with Crippen LogP contribution in [0, 0.1) is 16.0 Å². The van der Waals surface area contributed by atoms with Gasteiger partial charge < -0.3 is 4.74 Å². The van der Waals surface area contributed by atoms with E-state index in [1.54, 1.807) is 25.1 Å². The van der Waals surface area contributed by atoms with Gasteiger partial charge in [0.15, 0.2) is 5.78 Å². The number of nitro groups is 1. The molecule has 0 radical (unpaired) electrons. The highest BCUT2D eigenvalue weighted by Gasteiger charge is 2.47. The number of carbonyl (C=O) groups is 2. The molecule has 6 nitrogen and oxygen atoms in total. The average molecular weight is 421 g/mol. The number of esters is 1. The first-order chi connectivity index (χ1) is 14.9. The molecule has 0 N–H and O–H groups in total. The van der Waals surface area contributed by atoms with E-state index in [0.717, 1.165) is 12.0 Å². The van der Waals surface area contributed by atoms with Crippen LogP contribution >= 0.6 is 0 Å². The summed E-state index contributed by atoms with van der Waals surface area (Å²) in [5.41, 5.74) is 1.17. The Morgan fingerprint density at radius 2 is 1.90 bits per heavy atom. The summed E-state index contributed by atoms with van der Waals surface area (Å²) in [6.45, 7) is 3.73. The summed E-state index contributed by atoms with van der Waals surface area (Å²) >= 11 is 0. The standard InChI is InChI=1S/C25H27NO5/c1-3-14-25(15-13-18-9-6-5-7-10-18)17-22(27)23(24(28)31-25)21(4-2)19-11-8-12-20(16-19)26(29)30/h4-12,16,23H,3,13-15,17H2,1-2H3/b21-4+/t23?,25-/m1/s1. The Bertz CT molecular complexity index is 978. The first-order valence-electron chi connectivity index (χ1n) is 10.6. The van der Waals surface area contributed by atoms with E-state index in [0.29, 0.717) is 30.4 Å². The van der Waals surface area contributed by atoms with Crippen LogP contribution in [-0.4, -0.2) is 22.3 Å². The van der Waals surface area contributed by atoms with Gasteiger partial charge in [-0.25, -0.2) is 0 Å². The molecular formula is C25H27NO5. The molecule has 2 aromatic rings. The van der Waals surface area contributed by atoms with Crippen molar-refractivity contribution in [2.45, 2.75) is 51.6 Å². The van der Waals surface area contributed by atoms with Crippen LogP contribution in [0.25, 0.3) is 5.57 Å². The molecule has 0 aromatic heterocycles. The van der Waals surface area contributed by atoms with E-state index in [2.05, 4.69) is 0 Å². The second-order valence-electron chi connectivity index (χ2n) is 7.97. The lowest BCUT2D eigenvalue weighted by Crippen LogP contribution is -2.48. The molecule has 1 fully saturated rings. The number of rotatable bonds is 8. The number of nitrogens with zero attached hydrogens (tertiary/aromatic N) is 1. The van der Waals surface area contributed by atoms with Crippen molar-refractivity contribution in [3.63, 3.8) is 0 Å². The quantitative estimate of drug-likeness (QED) is 0.250. The van der Waals surface area contributed by atoms with Crippen molar-refractivity contribution in [1.82, 2.24) is 0 Å². The van der Waals surface area contributed by atoms with E-state index in [-0.39, 0.29) is 17.9 Å². The Kier molecular flexibility index (Phi) is 7.00. The molecule has 1 unspecified atom stereocenters. The molecule has 3 rings (SSSR count). The molecule has 162 valence electrons. The van der Waals surface area contributed by atoms with Crippen molar-refractivity contribution >= 4 is 23.0 Å². The molecule has 2 atom stereocenters. The Morgan fingerprint density at radius 1 is 1.16 bits per heavy atom. The zero-order valence-electron chi connectivity index (χ0n) is 17.9. The van der Waals surface area contributed by atoms with Gasteiger partial charge in [-0.2, -0.15) is 0 Å². The maximum Gasteiger partial charge on any atom is 0.321 e. The van der Waals surface area contributed by atoms with Crippen LogP contribution in [-0.2, 0) is 20.7 Å². The van der Waals surface area contributed by atoms with Crippen LogP contribution in [0.1, 0.15) is 50.7 Å². The number of cyclic esters (lactones) is 1. The van der Waals surface area contributed by atoms with Crippen molar-refractivity contribution in [3.05, 3.63) is 81.9 Å². The summed E-state index contributed by atoms with van der Waals surface area (Å²) < 4.78 is 5.97. The average Bonchev–Trinajstić information content (AvgIpc) is 2.76. The number of nitro benzene ring substituents is 1. The van der Waals surface area contributed by atoms with Crippen molar-refractivity contribution in [2.24, 2.45) is 5.92 Å². The smallest absolute Gasteiger partial charge is 0.321 e. The number of Topliss-reactive ketones (excluding diaryl/α,β-unsaturated/α-hetero) is 1. The van der Waals surface area contributed by atoms with Crippen LogP contribution in [0.5, 0.6) is 0 Å². The molecule has 31 heavy (non-hydrogen) atoms. The number of hydrogen-bond acceptors (Lipinski definition) is 5. The fourth-order valence-corrected chi connectivity index (χ4v) is 4.34. The number of benzene rings is 2. The number of hydrogen-bond donors (Lipinski definition) is 0. The minimum atomic E-state index is -1.06. The summed E-state index contributed by atoms with van der Waals surface area (Å²) in [6, 6.07) is 15.9. The molecule has 0 amide bonds. The van der Waals surface area contributed by atoms with Gasteiger partial charge in [0.2, 0.25) is 0 Å². The van der Waals surface area contributed by atoms with E-state index >= 15 is 0 Å². The third kappa shape index (κ3) is 5.08. The minimum Gasteiger partial charge on any atom is -0.458 e. The molecule has 6 heteroatoms. The highest BCUT2D eigenvalue weighted by atomic mass is 16.6. The van der Waals surface area contributed by atoms with Gasteiger partial charge in [-0.05, 0) is 42.9 Å². The Morgan fingerprint density at radius 3 is 2.52 bits per heavy atom. The maximum absolute atomic E-state index is 13.2. The molecule has 0 bridgehead atoms. The summed E-state index contributed by atoms with van der Waals surface area (Å²) in [7, 11) is 0. The first kappa shape index (κ1) is 22.4. The number of ketones is 1. The van der Waals surface area contributed by atoms with Gasteiger partial charge in [-0.1, -0.05) is 61.9 Å². The minimum absolute atomic E-state index is 0.0864. The molecule has 1 saturated heterocycles. The molecule has 0 aliphatic carbocycles. The van der Waals surface area contributed by atoms with Crippen molar-refractivity contribution in [2.75, 3.05) is 0 Å². The topological polar surface area (TPSA) is 86.5 Å². The number of ether oxygens (including phenoxy) is 1. The molecule has 0 spiro atoms. The van der Waals surface area contributed by atoms with Gasteiger partial charge in [0.05, 0.1) is 4.92 Å². The van der Waals surface area contributed by atoms with Crippen molar-refractivity contribution in [3.8, 4) is 0 Å². The van der Waals surface area contributed by atoms with Gasteiger partial charge in [0, 0.05) is 18.6 Å². The second-order valence-corrected chi connectivity index (χ2v) is 7.97. The van der Waals surface area contributed by atoms with E-state index in [1.807, 2.05) is 37.3 Å². The lowest BCUT2D eigenvalue weighted by atomic mass is 9.77. The van der Waals surface area contributed by atoms with Crippen LogP contribution in [0.15, 0.2) is 60.7 Å². The molecule has 1 aliphatic rings. The van der Waals surface area contributed by atoms with E-state index in [4.69, 9.17) is 4.74 Å². The third-order valence-corrected chi connectivity index (χ3v) is 5.80. The van der Waals surface area contributed by atoms with E-state index in [9.17, 15) is 19.7 Å². The predicted molar refractivity (Wildman–Crippen MR) is 118 cm³/mol. The Balaban J connectivity index is 1.84. The maximum atomic E-state index is 13.2. The predicted octanol–water partition coefficient (Wildman–Crippen LogP) is 5.30. The van der Waals surface area contributed by atoms with Crippen LogP contribution in [0.4, 0.5) is 5.69 Å². The third-order valence-electron chi connectivity index (χ3n) is 5.80. The lowest BCUT2D eigenvalue weighted by molar-refractivity contribution is -0.384. The zero-order valence-corrected chi connectivity index (χ0v) is 17.9. The van der Waals surface area contributed by atoms with Crippen molar-refractivity contribution in [1.29, 1.82) is 0 Å². The SMILES string of the molecule is C/C=C(\c1cccc([N+](=O)[O-])c1)C1C(=O)C[C@@](CCC)(CCc2ccccc2)OC1=O. The summed E-state index contributed by atoms with van der Waals surface area (Å²) in [5, 5.41) is 11.1. The van der Waals surface area contributed by atoms with Crippen molar-refractivity contribution < 1.29 is 19.2 Å². The van der Waals surface area contributed by atoms with Crippen LogP contribution in [0.3, 0.4) is 0 Å². The van der Waals surface area contributed by atoms with Gasteiger partial charge in [0.1, 0.15) is 11.5 Å². The Labute approximate surface area is 182 Å². The van der Waals surface area contributed by atoms with Crippen LogP contribution in [0.2, 0.25) is 0 Å². The molecule has 1 aliphatic heterocycles. The summed E-state index contributed by atoms with van der Waals surface area (Å²) in [4.78, 5) is 37.0. The Hall–Kier alpha value is -3.28. The monoisotopic (exact) mass is 421 g/mol. The number of carbonyl (C=O) groups excluding carboxylic acids is 2. The molecular weight excluding hydrogens is 394 g/mol. The number of non-ortho nitro benzene ring substituents is 1. The van der Waals surface area contributed by atoms with E-state index in [1.165, 1.54) is 12.1 Å². The van der Waals surface area contributed by atoms with Gasteiger partial charge in [-0.3, -0.25) is 19.7 Å². The fraction of sp³-hybridized carbons (Fsp3) is 0.360. The fourth-order valence-electron chi connectivity index (χ4n) is 4.34. The summed E-state index contributed by atoms with van der Waals surface area (Å²) in [5.74, 6) is -1.83. The molecule has 2 aromatic carbocycles. The highest BCUT2D eigenvalue weighted by molar-refractivity contribution is 6.11. The summed E-state index contributed by atoms with van der Waals surface area (Å²) in [6.07, 6.45) is 4.52. The molecule has 1 heterocycles. The largest absolute Gasteiger partial charge is 0.458 e. The molecule has 0 saturated carbocycles. The normalized spacial score (nSPS) is 21.6. The van der Waals surface area contributed by atoms with Gasteiger partial charge >= 0.3 is 5.97 Å². The lowest BCUT2D eigenvalue weighted by Gasteiger charge is -2.39. The highest BCUT2D eigenvalue weighted by Crippen LogP contribution is 2.39. The zero-order chi connectivity index (χ0) is 22.4. The van der Waals surface area contributed by atoms with E-state index < -0.39 is 22.4 Å². The van der Waals surface area contributed by atoms with Crippen LogP contribution < -0.4 is 0 Å².